The Morgan fingerprint density at radius 1 is 1.00 bits per heavy atom. The van der Waals surface area contributed by atoms with Crippen LogP contribution in [0.2, 0.25) is 0 Å². The Balaban J connectivity index is 1.56. The quantitative estimate of drug-likeness (QED) is 0.434. The summed E-state index contributed by atoms with van der Waals surface area (Å²) in [7, 11) is 0. The highest BCUT2D eigenvalue weighted by molar-refractivity contribution is 5.90. The summed E-state index contributed by atoms with van der Waals surface area (Å²) < 4.78 is 1.81. The predicted molar refractivity (Wildman–Crippen MR) is 130 cm³/mol. The van der Waals surface area contributed by atoms with Gasteiger partial charge in [0.1, 0.15) is 0 Å². The fourth-order valence-electron chi connectivity index (χ4n) is 4.88. The number of nitrogens with two attached hydrogens (primary N) is 1. The molecule has 3 heterocycles. The van der Waals surface area contributed by atoms with Crippen LogP contribution >= 0.6 is 0 Å². The van der Waals surface area contributed by atoms with E-state index in [1.807, 2.05) is 23.7 Å². The molecule has 33 heavy (non-hydrogen) atoms. The highest BCUT2D eigenvalue weighted by atomic mass is 16.3. The number of aryl methyl sites for hydroxylation is 2. The third-order valence-corrected chi connectivity index (χ3v) is 6.64. The molecular formula is C27H25N5O. The van der Waals surface area contributed by atoms with Gasteiger partial charge in [0.05, 0.1) is 17.5 Å². The van der Waals surface area contributed by atoms with Gasteiger partial charge in [-0.1, -0.05) is 54.1 Å². The summed E-state index contributed by atoms with van der Waals surface area (Å²) >= 11 is 0. The second kappa shape index (κ2) is 7.20. The van der Waals surface area contributed by atoms with Gasteiger partial charge in [0, 0.05) is 34.3 Å². The third kappa shape index (κ3) is 3.30. The van der Waals surface area contributed by atoms with Gasteiger partial charge in [0.2, 0.25) is 0 Å². The average Bonchev–Trinajstić information content (AvgIpc) is 3.18. The van der Waals surface area contributed by atoms with Crippen LogP contribution in [0.15, 0.2) is 66.9 Å². The molecule has 164 valence electrons. The lowest BCUT2D eigenvalue weighted by molar-refractivity contribution is 0.0209. The van der Waals surface area contributed by atoms with Crippen molar-refractivity contribution in [2.45, 2.75) is 38.3 Å². The molecule has 6 nitrogen and oxygen atoms in total. The van der Waals surface area contributed by atoms with E-state index in [-0.39, 0.29) is 6.10 Å². The summed E-state index contributed by atoms with van der Waals surface area (Å²) in [5.74, 6) is 0. The zero-order valence-corrected chi connectivity index (χ0v) is 18.7. The van der Waals surface area contributed by atoms with Gasteiger partial charge in [-0.2, -0.15) is 9.61 Å². The van der Waals surface area contributed by atoms with Gasteiger partial charge >= 0.3 is 0 Å². The largest absolute Gasteiger partial charge is 0.393 e. The minimum absolute atomic E-state index is 0.307. The van der Waals surface area contributed by atoms with E-state index < -0.39 is 5.54 Å². The molecule has 3 aromatic heterocycles. The molecule has 2 aromatic carbocycles. The van der Waals surface area contributed by atoms with Crippen molar-refractivity contribution < 1.29 is 5.11 Å². The molecular weight excluding hydrogens is 410 g/mol. The van der Waals surface area contributed by atoms with E-state index in [1.165, 1.54) is 5.56 Å². The summed E-state index contributed by atoms with van der Waals surface area (Å²) in [5, 5.41) is 15.3. The molecule has 0 spiro atoms. The lowest BCUT2D eigenvalue weighted by Gasteiger charge is -2.42. The van der Waals surface area contributed by atoms with Gasteiger partial charge < -0.3 is 10.8 Å². The van der Waals surface area contributed by atoms with Gasteiger partial charge in [0.15, 0.2) is 11.3 Å². The van der Waals surface area contributed by atoms with Crippen LogP contribution in [-0.2, 0) is 5.54 Å². The van der Waals surface area contributed by atoms with Crippen molar-refractivity contribution in [3.8, 4) is 22.4 Å². The summed E-state index contributed by atoms with van der Waals surface area (Å²) in [6.45, 7) is 4.05. The molecule has 0 saturated heterocycles. The van der Waals surface area contributed by atoms with E-state index in [0.717, 1.165) is 50.3 Å². The first kappa shape index (κ1) is 20.0. The Morgan fingerprint density at radius 3 is 2.52 bits per heavy atom. The van der Waals surface area contributed by atoms with Crippen LogP contribution in [0.1, 0.15) is 29.7 Å². The molecule has 0 amide bonds. The first-order valence-corrected chi connectivity index (χ1v) is 11.2. The lowest BCUT2D eigenvalue weighted by atomic mass is 9.70. The molecule has 5 aromatic rings. The molecule has 0 aliphatic heterocycles. The molecule has 1 fully saturated rings. The van der Waals surface area contributed by atoms with Gasteiger partial charge in [0.25, 0.3) is 0 Å². The average molecular weight is 436 g/mol. The fraction of sp³-hybridized carbons (Fsp3) is 0.222. The van der Waals surface area contributed by atoms with Crippen LogP contribution in [0, 0.1) is 13.8 Å². The van der Waals surface area contributed by atoms with Gasteiger partial charge in [-0.3, -0.25) is 0 Å². The number of rotatable bonds is 3. The monoisotopic (exact) mass is 435 g/mol. The molecule has 0 unspecified atom stereocenters. The summed E-state index contributed by atoms with van der Waals surface area (Å²) in [4.78, 5) is 9.69. The fourth-order valence-corrected chi connectivity index (χ4v) is 4.88. The summed E-state index contributed by atoms with van der Waals surface area (Å²) in [6.07, 6.45) is 2.75. The van der Waals surface area contributed by atoms with Crippen LogP contribution in [0.3, 0.4) is 0 Å². The molecule has 1 saturated carbocycles. The van der Waals surface area contributed by atoms with E-state index in [1.54, 1.807) is 0 Å². The van der Waals surface area contributed by atoms with E-state index >= 15 is 0 Å². The molecule has 1 aliphatic rings. The molecule has 0 bridgehead atoms. The Morgan fingerprint density at radius 2 is 1.79 bits per heavy atom. The summed E-state index contributed by atoms with van der Waals surface area (Å²) in [5.41, 5.74) is 14.8. The maximum atomic E-state index is 9.75. The second-order valence-electron chi connectivity index (χ2n) is 9.28. The third-order valence-electron chi connectivity index (χ3n) is 6.64. The number of pyridine rings is 1. The zero-order valence-electron chi connectivity index (χ0n) is 18.7. The molecule has 3 N–H and O–H groups in total. The van der Waals surface area contributed by atoms with E-state index in [0.29, 0.717) is 12.8 Å². The maximum Gasteiger partial charge on any atom is 0.165 e. The van der Waals surface area contributed by atoms with Crippen molar-refractivity contribution in [1.29, 1.82) is 0 Å². The van der Waals surface area contributed by atoms with E-state index in [2.05, 4.69) is 71.6 Å². The Hall–Kier alpha value is -3.61. The van der Waals surface area contributed by atoms with Crippen molar-refractivity contribution >= 4 is 16.7 Å². The lowest BCUT2D eigenvalue weighted by Crippen LogP contribution is -2.51. The minimum atomic E-state index is -0.446. The first-order valence-electron chi connectivity index (χ1n) is 11.2. The molecule has 0 atom stereocenters. The van der Waals surface area contributed by atoms with E-state index in [9.17, 15) is 5.11 Å². The van der Waals surface area contributed by atoms with Crippen LogP contribution in [0.25, 0.3) is 39.1 Å². The zero-order chi connectivity index (χ0) is 22.7. The number of benzene rings is 2. The number of hydrogen-bond acceptors (Lipinski definition) is 5. The molecule has 0 radical (unpaired) electrons. The highest BCUT2D eigenvalue weighted by Crippen LogP contribution is 2.40. The van der Waals surface area contributed by atoms with Gasteiger partial charge in [-0.25, -0.2) is 9.97 Å². The van der Waals surface area contributed by atoms with Crippen molar-refractivity contribution in [2.75, 3.05) is 0 Å². The van der Waals surface area contributed by atoms with Crippen LogP contribution < -0.4 is 5.73 Å². The van der Waals surface area contributed by atoms with Crippen LogP contribution in [0.5, 0.6) is 0 Å². The first-order chi connectivity index (χ1) is 15.9. The van der Waals surface area contributed by atoms with Crippen molar-refractivity contribution in [3.63, 3.8) is 0 Å². The number of aliphatic hydroxyl groups is 1. The number of aliphatic hydroxyl groups excluding tert-OH is 1. The minimum Gasteiger partial charge on any atom is -0.393 e. The standard InChI is InChI=1S/C27H25N5O/c1-16-4-3-5-19(10-16)23-12-20-15-29-24-11-17(2)31-32(24)26(20)30-25(23)18-6-8-21(9-7-18)27(28)13-22(33)14-27/h3-12,15,22,33H,13-14,28H2,1-2H3/t22-,27-. The number of aromatic nitrogens is 4. The Bertz CT molecular complexity index is 1510. The molecule has 6 rings (SSSR count). The van der Waals surface area contributed by atoms with Crippen LogP contribution in [-0.4, -0.2) is 30.8 Å². The normalized spacial score (nSPS) is 20.3. The van der Waals surface area contributed by atoms with Crippen molar-refractivity contribution in [2.24, 2.45) is 5.73 Å². The Labute approximate surface area is 191 Å². The Kier molecular flexibility index (Phi) is 4.37. The van der Waals surface area contributed by atoms with Gasteiger partial charge in [-0.05, 0) is 43.9 Å². The summed E-state index contributed by atoms with van der Waals surface area (Å²) in [6, 6.07) is 20.8. The number of fused-ring (bicyclic) bond motifs is 3. The van der Waals surface area contributed by atoms with Crippen molar-refractivity contribution in [1.82, 2.24) is 19.6 Å². The SMILES string of the molecule is Cc1cccc(-c2cc3cnc4cc(C)nn4c3nc2-c2ccc([C@]3(N)C[C@H](O)C3)cc2)c1. The van der Waals surface area contributed by atoms with Gasteiger partial charge in [-0.15, -0.1) is 0 Å². The number of nitrogens with zero attached hydrogens (tertiary/aromatic N) is 4. The van der Waals surface area contributed by atoms with Crippen LogP contribution in [0.4, 0.5) is 0 Å². The molecule has 6 heteroatoms. The smallest absolute Gasteiger partial charge is 0.165 e. The predicted octanol–water partition coefficient (Wildman–Crippen LogP) is 4.54. The number of hydrogen-bond donors (Lipinski definition) is 2. The second-order valence-corrected chi connectivity index (χ2v) is 9.28. The van der Waals surface area contributed by atoms with E-state index in [4.69, 9.17) is 10.7 Å². The topological polar surface area (TPSA) is 89.3 Å². The maximum absolute atomic E-state index is 9.75. The van der Waals surface area contributed by atoms with Crippen molar-refractivity contribution in [3.05, 3.63) is 83.7 Å². The molecule has 1 aliphatic carbocycles. The highest BCUT2D eigenvalue weighted by Gasteiger charge is 2.41.